The lowest BCUT2D eigenvalue weighted by Gasteiger charge is -2.19. The van der Waals surface area contributed by atoms with E-state index in [2.05, 4.69) is 5.32 Å². The molecule has 0 aliphatic rings. The largest absolute Gasteiger partial charge is 0.508 e. The molecule has 0 amide bonds. The van der Waals surface area contributed by atoms with E-state index in [0.29, 0.717) is 5.75 Å². The van der Waals surface area contributed by atoms with Crippen molar-refractivity contribution in [3.05, 3.63) is 58.1 Å². The van der Waals surface area contributed by atoms with Crippen LogP contribution in [0.1, 0.15) is 29.7 Å². The van der Waals surface area contributed by atoms with Crippen LogP contribution >= 0.6 is 11.6 Å². The summed E-state index contributed by atoms with van der Waals surface area (Å²) < 4.78 is 0. The van der Waals surface area contributed by atoms with Gasteiger partial charge in [0.2, 0.25) is 0 Å². The Hall–Kier alpha value is -1.67. The Morgan fingerprint density at radius 1 is 1.11 bits per heavy atom. The second kappa shape index (κ2) is 5.54. The van der Waals surface area contributed by atoms with E-state index in [1.807, 2.05) is 51.1 Å². The molecule has 0 saturated heterocycles. The number of anilines is 1. The molecule has 0 heterocycles. The first-order chi connectivity index (χ1) is 8.97. The van der Waals surface area contributed by atoms with Gasteiger partial charge in [-0.25, -0.2) is 0 Å². The van der Waals surface area contributed by atoms with Gasteiger partial charge in [0.05, 0.1) is 6.04 Å². The summed E-state index contributed by atoms with van der Waals surface area (Å²) in [5, 5.41) is 14.1. The van der Waals surface area contributed by atoms with Gasteiger partial charge in [0.1, 0.15) is 5.75 Å². The molecule has 0 bridgehead atoms. The third-order valence-corrected chi connectivity index (χ3v) is 3.45. The van der Waals surface area contributed by atoms with Gasteiger partial charge >= 0.3 is 0 Å². The molecule has 0 saturated carbocycles. The van der Waals surface area contributed by atoms with E-state index in [-0.39, 0.29) is 6.04 Å². The number of aromatic hydroxyl groups is 1. The number of phenols is 1. The first-order valence-electron chi connectivity index (χ1n) is 6.29. The van der Waals surface area contributed by atoms with Gasteiger partial charge < -0.3 is 10.4 Å². The zero-order valence-corrected chi connectivity index (χ0v) is 12.1. The zero-order valence-electron chi connectivity index (χ0n) is 11.4. The van der Waals surface area contributed by atoms with Gasteiger partial charge in [0, 0.05) is 16.3 Å². The van der Waals surface area contributed by atoms with E-state index in [0.717, 1.165) is 27.4 Å². The number of benzene rings is 2. The molecule has 2 aromatic rings. The van der Waals surface area contributed by atoms with Gasteiger partial charge in [-0.2, -0.15) is 0 Å². The van der Waals surface area contributed by atoms with Crippen LogP contribution in [0, 0.1) is 13.8 Å². The second-order valence-corrected chi connectivity index (χ2v) is 5.32. The summed E-state index contributed by atoms with van der Waals surface area (Å²) in [5.41, 5.74) is 4.15. The monoisotopic (exact) mass is 275 g/mol. The fourth-order valence-corrected chi connectivity index (χ4v) is 2.35. The minimum absolute atomic E-state index is 0.0276. The number of rotatable bonds is 3. The Morgan fingerprint density at radius 3 is 2.53 bits per heavy atom. The molecule has 0 fully saturated rings. The molecule has 19 heavy (non-hydrogen) atoms. The molecular weight excluding hydrogens is 258 g/mol. The van der Waals surface area contributed by atoms with Crippen molar-refractivity contribution < 1.29 is 5.11 Å². The Bertz CT molecular complexity index is 595. The lowest BCUT2D eigenvalue weighted by molar-refractivity contribution is 0.465. The van der Waals surface area contributed by atoms with Crippen LogP contribution in [-0.2, 0) is 0 Å². The van der Waals surface area contributed by atoms with Crippen molar-refractivity contribution in [3.8, 4) is 5.75 Å². The smallest absolute Gasteiger partial charge is 0.120 e. The highest BCUT2D eigenvalue weighted by Crippen LogP contribution is 2.29. The minimum Gasteiger partial charge on any atom is -0.508 e. The van der Waals surface area contributed by atoms with Crippen LogP contribution in [0.25, 0.3) is 0 Å². The summed E-state index contributed by atoms with van der Waals surface area (Å²) in [6, 6.07) is 11.4. The van der Waals surface area contributed by atoms with E-state index in [1.165, 1.54) is 0 Å². The molecule has 2 nitrogen and oxygen atoms in total. The van der Waals surface area contributed by atoms with Crippen molar-refractivity contribution in [1.82, 2.24) is 0 Å². The third kappa shape index (κ3) is 3.21. The highest BCUT2D eigenvalue weighted by atomic mass is 35.5. The van der Waals surface area contributed by atoms with E-state index in [9.17, 15) is 5.11 Å². The molecule has 3 heteroatoms. The van der Waals surface area contributed by atoms with Crippen molar-refractivity contribution >= 4 is 17.3 Å². The number of aryl methyl sites for hydroxylation is 2. The highest BCUT2D eigenvalue weighted by molar-refractivity contribution is 6.30. The van der Waals surface area contributed by atoms with Gasteiger partial charge in [0.25, 0.3) is 0 Å². The lowest BCUT2D eigenvalue weighted by Crippen LogP contribution is -2.08. The maximum Gasteiger partial charge on any atom is 0.120 e. The van der Waals surface area contributed by atoms with Crippen LogP contribution in [0.5, 0.6) is 5.75 Å². The number of phenolic OH excluding ortho intramolecular Hbond substituents is 1. The van der Waals surface area contributed by atoms with Gasteiger partial charge in [-0.15, -0.1) is 0 Å². The molecule has 0 radical (unpaired) electrons. The van der Waals surface area contributed by atoms with E-state index < -0.39 is 0 Å². The summed E-state index contributed by atoms with van der Waals surface area (Å²) in [4.78, 5) is 0. The quantitative estimate of drug-likeness (QED) is 0.840. The summed E-state index contributed by atoms with van der Waals surface area (Å²) in [7, 11) is 0. The topological polar surface area (TPSA) is 32.3 Å². The average molecular weight is 276 g/mol. The SMILES string of the molecule is Cc1ccc(O)c(C(C)Nc2ccc(Cl)cc2C)c1. The van der Waals surface area contributed by atoms with Crippen LogP contribution < -0.4 is 5.32 Å². The van der Waals surface area contributed by atoms with Crippen molar-refractivity contribution in [2.24, 2.45) is 0 Å². The third-order valence-electron chi connectivity index (χ3n) is 3.21. The molecule has 2 N–H and O–H groups in total. The molecule has 0 aromatic heterocycles. The molecule has 0 aliphatic carbocycles. The van der Waals surface area contributed by atoms with Gasteiger partial charge in [-0.05, 0) is 50.6 Å². The predicted molar refractivity (Wildman–Crippen MR) is 81.1 cm³/mol. The van der Waals surface area contributed by atoms with Crippen molar-refractivity contribution in [3.63, 3.8) is 0 Å². The summed E-state index contributed by atoms with van der Waals surface area (Å²) >= 11 is 5.95. The molecule has 2 rings (SSSR count). The average Bonchev–Trinajstić information content (AvgIpc) is 2.35. The van der Waals surface area contributed by atoms with Gasteiger partial charge in [-0.1, -0.05) is 29.3 Å². The van der Waals surface area contributed by atoms with Crippen LogP contribution in [0.15, 0.2) is 36.4 Å². The van der Waals surface area contributed by atoms with Crippen molar-refractivity contribution in [2.45, 2.75) is 26.8 Å². The molecular formula is C16H18ClNO. The summed E-state index contributed by atoms with van der Waals surface area (Å²) in [6.07, 6.45) is 0. The maximum absolute atomic E-state index is 9.94. The maximum atomic E-state index is 9.94. The number of halogens is 1. The Balaban J connectivity index is 2.25. The second-order valence-electron chi connectivity index (χ2n) is 4.89. The summed E-state index contributed by atoms with van der Waals surface area (Å²) in [6.45, 7) is 6.06. The number of hydrogen-bond donors (Lipinski definition) is 2. The Morgan fingerprint density at radius 2 is 1.84 bits per heavy atom. The molecule has 2 aromatic carbocycles. The van der Waals surface area contributed by atoms with E-state index in [1.54, 1.807) is 6.07 Å². The fraction of sp³-hybridized carbons (Fsp3) is 0.250. The molecule has 100 valence electrons. The van der Waals surface area contributed by atoms with Crippen LogP contribution in [-0.4, -0.2) is 5.11 Å². The summed E-state index contributed by atoms with van der Waals surface area (Å²) in [5.74, 6) is 0.317. The highest BCUT2D eigenvalue weighted by Gasteiger charge is 2.11. The van der Waals surface area contributed by atoms with Crippen molar-refractivity contribution in [2.75, 3.05) is 5.32 Å². The first kappa shape index (κ1) is 13.8. The molecule has 1 unspecified atom stereocenters. The molecule has 0 spiro atoms. The number of nitrogens with one attached hydrogen (secondary N) is 1. The van der Waals surface area contributed by atoms with Crippen LogP contribution in [0.2, 0.25) is 5.02 Å². The fourth-order valence-electron chi connectivity index (χ4n) is 2.12. The first-order valence-corrected chi connectivity index (χ1v) is 6.67. The Labute approximate surface area is 119 Å². The van der Waals surface area contributed by atoms with Gasteiger partial charge in [-0.3, -0.25) is 0 Å². The lowest BCUT2D eigenvalue weighted by atomic mass is 10.0. The van der Waals surface area contributed by atoms with Gasteiger partial charge in [0.15, 0.2) is 0 Å². The predicted octanol–water partition coefficient (Wildman–Crippen LogP) is 4.84. The number of hydrogen-bond acceptors (Lipinski definition) is 2. The van der Waals surface area contributed by atoms with Crippen molar-refractivity contribution in [1.29, 1.82) is 0 Å². The van der Waals surface area contributed by atoms with Crippen LogP contribution in [0.3, 0.4) is 0 Å². The van der Waals surface area contributed by atoms with E-state index in [4.69, 9.17) is 11.6 Å². The standard InChI is InChI=1S/C16H18ClNO/c1-10-4-7-16(19)14(8-10)12(3)18-15-6-5-13(17)9-11(15)2/h4-9,12,18-19H,1-3H3. The Kier molecular flexibility index (Phi) is 4.01. The van der Waals surface area contributed by atoms with Crippen LogP contribution in [0.4, 0.5) is 5.69 Å². The molecule has 1 atom stereocenters. The van der Waals surface area contributed by atoms with E-state index >= 15 is 0 Å². The zero-order chi connectivity index (χ0) is 14.0. The minimum atomic E-state index is 0.0276. The molecule has 0 aliphatic heterocycles. The normalized spacial score (nSPS) is 12.2.